The number of imidazole rings is 2. The minimum atomic E-state index is -0.0902. The summed E-state index contributed by atoms with van der Waals surface area (Å²) in [6.07, 6.45) is 9.42. The summed E-state index contributed by atoms with van der Waals surface area (Å²) in [5.74, 6) is 0.819. The number of fused-ring (bicyclic) bond motifs is 2. The molecular weight excluding hydrogens is 414 g/mol. The summed E-state index contributed by atoms with van der Waals surface area (Å²) < 4.78 is 0. The maximum atomic E-state index is 12.6. The van der Waals surface area contributed by atoms with Gasteiger partial charge in [0.1, 0.15) is 5.82 Å². The third kappa shape index (κ3) is 4.66. The highest BCUT2D eigenvalue weighted by Gasteiger charge is 2.27. The summed E-state index contributed by atoms with van der Waals surface area (Å²) in [6.45, 7) is 4.38. The molecule has 1 aromatic carbocycles. The Bertz CT molecular complexity index is 1230. The summed E-state index contributed by atoms with van der Waals surface area (Å²) in [6, 6.07) is 10.2. The van der Waals surface area contributed by atoms with E-state index in [1.165, 1.54) is 17.7 Å². The van der Waals surface area contributed by atoms with Crippen LogP contribution >= 0.6 is 0 Å². The molecule has 3 N–H and O–H groups in total. The van der Waals surface area contributed by atoms with Gasteiger partial charge in [0, 0.05) is 36.6 Å². The monoisotopic (exact) mass is 443 g/mol. The molecule has 8 heteroatoms. The van der Waals surface area contributed by atoms with Crippen LogP contribution in [0.4, 0.5) is 0 Å². The van der Waals surface area contributed by atoms with E-state index >= 15 is 0 Å². The third-order valence-corrected chi connectivity index (χ3v) is 6.39. The Morgan fingerprint density at radius 3 is 3.09 bits per heavy atom. The molecule has 0 bridgehead atoms. The molecule has 0 radical (unpaired) electrons. The van der Waals surface area contributed by atoms with E-state index in [0.717, 1.165) is 48.5 Å². The predicted molar refractivity (Wildman–Crippen MR) is 127 cm³/mol. The highest BCUT2D eigenvalue weighted by atomic mass is 16.1. The number of aromatic amines is 2. The van der Waals surface area contributed by atoms with Crippen molar-refractivity contribution < 1.29 is 4.79 Å². The van der Waals surface area contributed by atoms with Gasteiger partial charge < -0.3 is 15.3 Å². The molecule has 3 heterocycles. The molecule has 4 aromatic rings. The minimum absolute atomic E-state index is 0.0902. The molecule has 0 saturated carbocycles. The second-order valence-corrected chi connectivity index (χ2v) is 8.52. The van der Waals surface area contributed by atoms with Crippen LogP contribution in [0.3, 0.4) is 0 Å². The quantitative estimate of drug-likeness (QED) is 0.386. The molecule has 0 saturated heterocycles. The number of carbonyl (C=O) groups excluding carboxylic acids is 1. The Hall–Kier alpha value is -3.52. The van der Waals surface area contributed by atoms with Gasteiger partial charge in [-0.25, -0.2) is 9.97 Å². The molecule has 0 aliphatic heterocycles. The lowest BCUT2D eigenvalue weighted by Crippen LogP contribution is -2.32. The number of amides is 1. The first-order valence-corrected chi connectivity index (χ1v) is 11.6. The summed E-state index contributed by atoms with van der Waals surface area (Å²) in [5, 5.41) is 2.97. The van der Waals surface area contributed by atoms with Crippen molar-refractivity contribution in [2.24, 2.45) is 0 Å². The summed E-state index contributed by atoms with van der Waals surface area (Å²) >= 11 is 0. The largest absolute Gasteiger partial charge is 0.352 e. The van der Waals surface area contributed by atoms with Gasteiger partial charge in [0.05, 0.1) is 35.6 Å². The standard InChI is InChI=1S/C25H29N7O/c1-2-32(22-7-3-5-17-6-4-11-27-24(17)22)15-23-30-20-9-8-18(13-21(20)31-23)25(33)28-12-10-19-14-26-16-29-19/h4,6,8-9,11,13-14,16,22H,2-3,5,7,10,12,15H2,1H3,(H,26,29)(H,28,33)(H,30,31). The number of pyridine rings is 1. The number of hydrogen-bond acceptors (Lipinski definition) is 5. The Labute approximate surface area is 192 Å². The molecule has 0 fully saturated rings. The predicted octanol–water partition coefficient (Wildman–Crippen LogP) is 3.55. The molecule has 170 valence electrons. The van der Waals surface area contributed by atoms with Gasteiger partial charge in [-0.3, -0.25) is 14.7 Å². The van der Waals surface area contributed by atoms with Crippen LogP contribution in [0.15, 0.2) is 49.1 Å². The van der Waals surface area contributed by atoms with Crippen LogP contribution in [0.5, 0.6) is 0 Å². The zero-order valence-corrected chi connectivity index (χ0v) is 18.8. The molecule has 1 unspecified atom stereocenters. The average molecular weight is 444 g/mol. The van der Waals surface area contributed by atoms with Gasteiger partial charge >= 0.3 is 0 Å². The van der Waals surface area contributed by atoms with Crippen molar-refractivity contribution in [3.8, 4) is 0 Å². The van der Waals surface area contributed by atoms with E-state index in [4.69, 9.17) is 9.97 Å². The summed E-state index contributed by atoms with van der Waals surface area (Å²) in [4.78, 5) is 35.0. The molecule has 0 spiro atoms. The first-order chi connectivity index (χ1) is 16.2. The third-order valence-electron chi connectivity index (χ3n) is 6.39. The lowest BCUT2D eigenvalue weighted by Gasteiger charge is -2.33. The minimum Gasteiger partial charge on any atom is -0.352 e. The van der Waals surface area contributed by atoms with Crippen molar-refractivity contribution in [2.75, 3.05) is 13.1 Å². The Balaban J connectivity index is 1.28. The second-order valence-electron chi connectivity index (χ2n) is 8.52. The number of benzene rings is 1. The number of rotatable bonds is 8. The van der Waals surface area contributed by atoms with Crippen molar-refractivity contribution in [3.63, 3.8) is 0 Å². The number of aryl methyl sites for hydroxylation is 1. The summed E-state index contributed by atoms with van der Waals surface area (Å²) in [7, 11) is 0. The lowest BCUT2D eigenvalue weighted by atomic mass is 9.91. The number of aromatic nitrogens is 5. The molecule has 33 heavy (non-hydrogen) atoms. The lowest BCUT2D eigenvalue weighted by molar-refractivity contribution is 0.0954. The number of nitrogens with zero attached hydrogens (tertiary/aromatic N) is 4. The van der Waals surface area contributed by atoms with E-state index in [2.05, 4.69) is 38.2 Å². The number of H-pyrrole nitrogens is 2. The van der Waals surface area contributed by atoms with Gasteiger partial charge in [0.2, 0.25) is 0 Å². The van der Waals surface area contributed by atoms with Crippen LogP contribution in [0, 0.1) is 0 Å². The maximum Gasteiger partial charge on any atom is 0.251 e. The van der Waals surface area contributed by atoms with E-state index in [0.29, 0.717) is 24.6 Å². The summed E-state index contributed by atoms with van der Waals surface area (Å²) in [5.41, 5.74) is 5.94. The van der Waals surface area contributed by atoms with Gasteiger partial charge in [-0.05, 0) is 55.6 Å². The Morgan fingerprint density at radius 2 is 2.24 bits per heavy atom. The average Bonchev–Trinajstić information content (AvgIpc) is 3.51. The molecule has 1 aliphatic carbocycles. The molecular formula is C25H29N7O. The van der Waals surface area contributed by atoms with Gasteiger partial charge in [-0.2, -0.15) is 0 Å². The van der Waals surface area contributed by atoms with E-state index in [1.54, 1.807) is 12.5 Å². The number of nitrogens with one attached hydrogen (secondary N) is 3. The fraction of sp³-hybridized carbons (Fsp3) is 0.360. The molecule has 1 aliphatic rings. The topological polar surface area (TPSA) is 103 Å². The van der Waals surface area contributed by atoms with Crippen LogP contribution in [-0.4, -0.2) is 48.8 Å². The first-order valence-electron chi connectivity index (χ1n) is 11.6. The van der Waals surface area contributed by atoms with Crippen LogP contribution in [-0.2, 0) is 19.4 Å². The smallest absolute Gasteiger partial charge is 0.251 e. The van der Waals surface area contributed by atoms with Crippen LogP contribution < -0.4 is 5.32 Å². The fourth-order valence-electron chi connectivity index (χ4n) is 4.69. The fourth-order valence-corrected chi connectivity index (χ4v) is 4.69. The van der Waals surface area contributed by atoms with Gasteiger partial charge in [-0.15, -0.1) is 0 Å². The van der Waals surface area contributed by atoms with E-state index in [1.807, 2.05) is 30.5 Å². The van der Waals surface area contributed by atoms with Crippen LogP contribution in [0.1, 0.15) is 58.9 Å². The number of carbonyl (C=O) groups is 1. The molecule has 1 atom stereocenters. The Kier molecular flexibility index (Phi) is 6.17. The van der Waals surface area contributed by atoms with Crippen molar-refractivity contribution in [1.82, 2.24) is 35.1 Å². The maximum absolute atomic E-state index is 12.6. The molecule has 8 nitrogen and oxygen atoms in total. The van der Waals surface area contributed by atoms with E-state index in [-0.39, 0.29) is 5.91 Å². The Morgan fingerprint density at radius 1 is 1.30 bits per heavy atom. The van der Waals surface area contributed by atoms with Gasteiger partial charge in [-0.1, -0.05) is 13.0 Å². The second kappa shape index (κ2) is 9.54. The SMILES string of the molecule is CCN(Cc1nc2ccc(C(=O)NCCc3cnc[nH]3)cc2[nH]1)C1CCCc2cccnc21. The van der Waals surface area contributed by atoms with Gasteiger partial charge in [0.25, 0.3) is 5.91 Å². The van der Waals surface area contributed by atoms with Crippen molar-refractivity contribution in [2.45, 2.75) is 45.2 Å². The van der Waals surface area contributed by atoms with Crippen LogP contribution in [0.2, 0.25) is 0 Å². The van der Waals surface area contributed by atoms with Crippen LogP contribution in [0.25, 0.3) is 11.0 Å². The number of hydrogen-bond donors (Lipinski definition) is 3. The molecule has 5 rings (SSSR count). The van der Waals surface area contributed by atoms with E-state index < -0.39 is 0 Å². The van der Waals surface area contributed by atoms with Crippen molar-refractivity contribution >= 4 is 16.9 Å². The highest BCUT2D eigenvalue weighted by Crippen LogP contribution is 2.33. The van der Waals surface area contributed by atoms with Crippen molar-refractivity contribution in [3.05, 3.63) is 77.4 Å². The first kappa shape index (κ1) is 21.3. The normalized spacial score (nSPS) is 15.6. The van der Waals surface area contributed by atoms with E-state index in [9.17, 15) is 4.79 Å². The molecule has 3 aromatic heterocycles. The molecule has 1 amide bonds. The zero-order valence-electron chi connectivity index (χ0n) is 18.8. The zero-order chi connectivity index (χ0) is 22.6. The van der Waals surface area contributed by atoms with Crippen molar-refractivity contribution in [1.29, 1.82) is 0 Å². The highest BCUT2D eigenvalue weighted by molar-refractivity contribution is 5.97. The van der Waals surface area contributed by atoms with Gasteiger partial charge in [0.15, 0.2) is 0 Å².